The van der Waals surface area contributed by atoms with Crippen LogP contribution in [0.2, 0.25) is 0 Å². The summed E-state index contributed by atoms with van der Waals surface area (Å²) in [7, 11) is 0. The third-order valence-electron chi connectivity index (χ3n) is 9.86. The number of hydrogen-bond acceptors (Lipinski definition) is 2. The van der Waals surface area contributed by atoms with Crippen molar-refractivity contribution in [2.45, 2.75) is 0 Å². The molecule has 0 atom stereocenters. The normalized spacial score (nSPS) is 11.1. The van der Waals surface area contributed by atoms with E-state index in [4.69, 9.17) is 6.57 Å². The van der Waals surface area contributed by atoms with Crippen LogP contribution in [0.3, 0.4) is 0 Å². The lowest BCUT2D eigenvalue weighted by atomic mass is 9.82. The molecule has 4 heteroatoms. The third kappa shape index (κ3) is 4.51. The maximum absolute atomic E-state index is 10.7. The van der Waals surface area contributed by atoms with Crippen LogP contribution in [0.15, 0.2) is 158 Å². The minimum atomic E-state index is 0.374. The Kier molecular flexibility index (Phi) is 6.93. The number of aromatic nitrogens is 1. The number of rotatable bonds is 4. The largest absolute Gasteiger partial charge is 0.307 e. The fraction of sp³-hybridized carbons (Fsp3) is 0. The Hall–Kier alpha value is -7.45. The van der Waals surface area contributed by atoms with Gasteiger partial charge >= 0.3 is 0 Å². The van der Waals surface area contributed by atoms with E-state index < -0.39 is 0 Å². The maximum atomic E-state index is 10.7. The van der Waals surface area contributed by atoms with Gasteiger partial charge < -0.3 is 4.57 Å². The highest BCUT2D eigenvalue weighted by Gasteiger charge is 2.25. The van der Waals surface area contributed by atoms with Crippen molar-refractivity contribution in [1.82, 2.24) is 4.57 Å². The highest BCUT2D eigenvalue weighted by Crippen LogP contribution is 2.50. The van der Waals surface area contributed by atoms with Gasteiger partial charge in [0.25, 0.3) is 0 Å². The summed E-state index contributed by atoms with van der Waals surface area (Å²) in [5.74, 6) is 0. The number of fused-ring (bicyclic) bond motifs is 5. The molecule has 0 amide bonds. The average molecular weight is 647 g/mol. The lowest BCUT2D eigenvalue weighted by Gasteiger charge is -2.22. The first-order valence-corrected chi connectivity index (χ1v) is 16.7. The van der Waals surface area contributed by atoms with Crippen molar-refractivity contribution < 1.29 is 0 Å². The minimum absolute atomic E-state index is 0.374. The van der Waals surface area contributed by atoms with Crippen molar-refractivity contribution >= 4 is 49.0 Å². The Bertz CT molecular complexity index is 2890. The summed E-state index contributed by atoms with van der Waals surface area (Å²) in [6.45, 7) is 8.47. The van der Waals surface area contributed by atoms with E-state index in [1.54, 1.807) is 6.07 Å². The van der Waals surface area contributed by atoms with Crippen LogP contribution in [0.4, 0.5) is 5.69 Å². The standard InChI is InChI=1S/C47H26N4/c1-50-41-23-13-22-39(46(41)45-37-20-7-5-18-35(37)44(31-14-3-2-4-15-31)36-19-6-8-21-38(36)45)40-27-30(28-48)26-32(29-49)47(40)51-42-24-11-9-16-33(42)34-17-10-12-25-43(34)51/h2-27H. The molecule has 9 aromatic rings. The summed E-state index contributed by atoms with van der Waals surface area (Å²) in [5, 5.41) is 27.3. The predicted octanol–water partition coefficient (Wildman–Crippen LogP) is 12.4. The van der Waals surface area contributed by atoms with Crippen molar-refractivity contribution in [3.8, 4) is 51.2 Å². The Balaban J connectivity index is 1.48. The number of para-hydroxylation sites is 2. The van der Waals surface area contributed by atoms with Crippen LogP contribution >= 0.6 is 0 Å². The van der Waals surface area contributed by atoms with E-state index in [9.17, 15) is 10.5 Å². The number of hydrogen-bond donors (Lipinski definition) is 0. The molecule has 0 aliphatic heterocycles. The molecule has 0 N–H and O–H groups in total. The second-order valence-electron chi connectivity index (χ2n) is 12.5. The molecule has 0 saturated heterocycles. The second kappa shape index (κ2) is 11.9. The minimum Gasteiger partial charge on any atom is -0.307 e. The highest BCUT2D eigenvalue weighted by molar-refractivity contribution is 6.24. The summed E-state index contributed by atoms with van der Waals surface area (Å²) < 4.78 is 2.14. The molecule has 0 unspecified atom stereocenters. The van der Waals surface area contributed by atoms with E-state index in [2.05, 4.69) is 106 Å². The van der Waals surface area contributed by atoms with Gasteiger partial charge in [-0.1, -0.05) is 133 Å². The topological polar surface area (TPSA) is 56.9 Å². The summed E-state index contributed by atoms with van der Waals surface area (Å²) in [6.07, 6.45) is 0. The zero-order valence-electron chi connectivity index (χ0n) is 27.3. The second-order valence-corrected chi connectivity index (χ2v) is 12.5. The van der Waals surface area contributed by atoms with E-state index in [0.29, 0.717) is 28.1 Å². The van der Waals surface area contributed by atoms with Gasteiger partial charge in [0.2, 0.25) is 0 Å². The monoisotopic (exact) mass is 646 g/mol. The molecular weight excluding hydrogens is 621 g/mol. The fourth-order valence-electron chi connectivity index (χ4n) is 7.83. The summed E-state index contributed by atoms with van der Waals surface area (Å²) >= 11 is 0. The van der Waals surface area contributed by atoms with E-state index >= 15 is 0 Å². The van der Waals surface area contributed by atoms with Gasteiger partial charge in [-0.05, 0) is 73.6 Å². The van der Waals surface area contributed by atoms with Crippen LogP contribution in [0.1, 0.15) is 11.1 Å². The van der Waals surface area contributed by atoms with Crippen LogP contribution in [0.25, 0.3) is 87.3 Å². The molecule has 9 rings (SSSR count). The van der Waals surface area contributed by atoms with Crippen LogP contribution in [-0.4, -0.2) is 4.57 Å². The van der Waals surface area contributed by atoms with Crippen LogP contribution < -0.4 is 0 Å². The van der Waals surface area contributed by atoms with Gasteiger partial charge in [0.1, 0.15) is 6.07 Å². The molecule has 0 aliphatic carbocycles. The Labute approximate surface area is 294 Å². The van der Waals surface area contributed by atoms with Crippen molar-refractivity contribution in [2.24, 2.45) is 0 Å². The molecule has 0 radical (unpaired) electrons. The molecule has 4 nitrogen and oxygen atoms in total. The lowest BCUT2D eigenvalue weighted by Crippen LogP contribution is -2.03. The van der Waals surface area contributed by atoms with E-state index in [1.807, 2.05) is 66.7 Å². The SMILES string of the molecule is [C-]#[N+]c1cccc(-c2cc(C#N)cc(C#N)c2-n2c3ccccc3c3ccccc32)c1-c1c2ccccc2c(-c2ccccc2)c2ccccc12. The van der Waals surface area contributed by atoms with Gasteiger partial charge in [0.05, 0.1) is 40.5 Å². The van der Waals surface area contributed by atoms with E-state index in [1.165, 1.54) is 0 Å². The Morgan fingerprint density at radius 3 is 1.55 bits per heavy atom. The van der Waals surface area contributed by atoms with Gasteiger partial charge in [-0.25, -0.2) is 4.85 Å². The molecule has 0 saturated carbocycles. The molecule has 1 heterocycles. The first-order chi connectivity index (χ1) is 25.2. The van der Waals surface area contributed by atoms with Gasteiger partial charge in [0, 0.05) is 16.3 Å². The quantitative estimate of drug-likeness (QED) is 0.141. The lowest BCUT2D eigenvalue weighted by molar-refractivity contribution is 1.17. The summed E-state index contributed by atoms with van der Waals surface area (Å²) in [4.78, 5) is 4.12. The van der Waals surface area contributed by atoms with Crippen molar-refractivity contribution in [2.75, 3.05) is 0 Å². The predicted molar refractivity (Wildman–Crippen MR) is 208 cm³/mol. The number of nitrogens with zero attached hydrogens (tertiary/aromatic N) is 4. The van der Waals surface area contributed by atoms with Crippen molar-refractivity contribution in [3.63, 3.8) is 0 Å². The fourth-order valence-corrected chi connectivity index (χ4v) is 7.83. The zero-order valence-corrected chi connectivity index (χ0v) is 27.3. The number of benzene rings is 8. The van der Waals surface area contributed by atoms with Crippen LogP contribution in [-0.2, 0) is 0 Å². The molecule has 8 aromatic carbocycles. The Morgan fingerprint density at radius 1 is 0.471 bits per heavy atom. The van der Waals surface area contributed by atoms with Crippen molar-refractivity contribution in [3.05, 3.63) is 180 Å². The van der Waals surface area contributed by atoms with Gasteiger partial charge in [-0.2, -0.15) is 10.5 Å². The molecule has 234 valence electrons. The maximum Gasteiger partial charge on any atom is 0.195 e. The molecular formula is C47H26N4. The van der Waals surface area contributed by atoms with Gasteiger partial charge in [0.15, 0.2) is 5.69 Å². The smallest absolute Gasteiger partial charge is 0.195 e. The number of nitriles is 2. The van der Waals surface area contributed by atoms with Crippen molar-refractivity contribution in [1.29, 1.82) is 10.5 Å². The van der Waals surface area contributed by atoms with Crippen LogP contribution in [0.5, 0.6) is 0 Å². The summed E-state index contributed by atoms with van der Waals surface area (Å²) in [6, 6.07) is 57.7. The van der Waals surface area contributed by atoms with E-state index in [-0.39, 0.29) is 0 Å². The highest BCUT2D eigenvalue weighted by atomic mass is 15.0. The zero-order chi connectivity index (χ0) is 34.5. The van der Waals surface area contributed by atoms with Gasteiger partial charge in [-0.15, -0.1) is 0 Å². The third-order valence-corrected chi connectivity index (χ3v) is 9.86. The average Bonchev–Trinajstić information content (AvgIpc) is 3.53. The molecule has 51 heavy (non-hydrogen) atoms. The molecule has 0 bridgehead atoms. The molecule has 1 aromatic heterocycles. The summed E-state index contributed by atoms with van der Waals surface area (Å²) in [5.41, 5.74) is 9.26. The molecule has 0 spiro atoms. The van der Waals surface area contributed by atoms with Crippen LogP contribution in [0, 0.1) is 29.2 Å². The Morgan fingerprint density at radius 2 is 1.00 bits per heavy atom. The van der Waals surface area contributed by atoms with E-state index in [0.717, 1.165) is 71.2 Å². The first kappa shape index (κ1) is 29.7. The first-order valence-electron chi connectivity index (χ1n) is 16.7. The molecule has 0 fully saturated rings. The molecule has 0 aliphatic rings. The van der Waals surface area contributed by atoms with Gasteiger partial charge in [-0.3, -0.25) is 0 Å².